The average Bonchev–Trinajstić information content (AvgIpc) is 2.51. The minimum Gasteiger partial charge on any atom is -0.856 e. The molecule has 3 rings (SSSR count). The molecule has 2 heterocycles. The first-order chi connectivity index (χ1) is 10.7. The lowest BCUT2D eigenvalue weighted by molar-refractivity contribution is -0.591. The highest BCUT2D eigenvalue weighted by Gasteiger charge is 2.14. The van der Waals surface area contributed by atoms with Crippen molar-refractivity contribution in [3.8, 4) is 5.88 Å². The Kier molecular flexibility index (Phi) is 4.73. The number of halogens is 1. The van der Waals surface area contributed by atoms with Gasteiger partial charge in [-0.2, -0.15) is 0 Å². The van der Waals surface area contributed by atoms with Gasteiger partial charge < -0.3 is 5.11 Å². The zero-order valence-corrected chi connectivity index (χ0v) is 14.5. The van der Waals surface area contributed by atoms with Gasteiger partial charge in [-0.25, -0.2) is 4.98 Å². The lowest BCUT2D eigenvalue weighted by atomic mass is 10.2. The van der Waals surface area contributed by atoms with Crippen LogP contribution in [0.4, 0.5) is 0 Å². The minimum absolute atomic E-state index is 0.265. The molecule has 2 aromatic heterocycles. The monoisotopic (exact) mass is 378 g/mol. The van der Waals surface area contributed by atoms with Gasteiger partial charge in [0.05, 0.1) is 5.39 Å². The molecule has 0 fully saturated rings. The van der Waals surface area contributed by atoms with Crippen LogP contribution in [0.5, 0.6) is 5.88 Å². The third kappa shape index (κ3) is 3.15. The fraction of sp³-hybridized carbons (Fsp3) is 0.333. The summed E-state index contributed by atoms with van der Waals surface area (Å²) in [6.07, 6.45) is 5.03. The molecule has 0 saturated carbocycles. The maximum Gasteiger partial charge on any atom is 0.312 e. The molecule has 0 radical (unpaired) electrons. The fourth-order valence-corrected chi connectivity index (χ4v) is 3.41. The third-order valence-corrected chi connectivity index (χ3v) is 4.74. The molecule has 0 bridgehead atoms. The second-order valence-corrected chi connectivity index (χ2v) is 6.93. The molecule has 114 valence electrons. The first kappa shape index (κ1) is 15.4. The van der Waals surface area contributed by atoms with Gasteiger partial charge in [-0.3, -0.25) is 0 Å². The van der Waals surface area contributed by atoms with Crippen LogP contribution in [-0.4, -0.2) is 20.8 Å². The van der Waals surface area contributed by atoms with Crippen LogP contribution in [-0.2, 0) is 0 Å². The first-order valence-corrected chi connectivity index (χ1v) is 8.94. The van der Waals surface area contributed by atoms with E-state index in [1.54, 1.807) is 6.33 Å². The SMILES string of the molecule is CCCCCSc1nc([O-])c2c3cc(Br)ccc3nc[n+]2n1. The van der Waals surface area contributed by atoms with E-state index >= 15 is 0 Å². The number of hydrogen-bond donors (Lipinski definition) is 0. The van der Waals surface area contributed by atoms with Crippen molar-refractivity contribution in [2.24, 2.45) is 0 Å². The molecule has 3 aromatic rings. The Morgan fingerprint density at radius 2 is 2.18 bits per heavy atom. The number of thioether (sulfide) groups is 1. The molecular formula is C15H15BrN4OS. The van der Waals surface area contributed by atoms with E-state index in [0.29, 0.717) is 10.7 Å². The van der Waals surface area contributed by atoms with E-state index in [4.69, 9.17) is 0 Å². The minimum atomic E-state index is -0.265. The van der Waals surface area contributed by atoms with E-state index in [9.17, 15) is 5.11 Å². The standard InChI is InChI=1S/C15H15BrN4OS/c1-2-3-4-7-22-15-18-14(21)13-11-8-10(16)5-6-12(11)17-9-20(13)19-15/h5-6,8-9H,2-4,7H2,1H3. The molecule has 0 aliphatic carbocycles. The van der Waals surface area contributed by atoms with Crippen molar-refractivity contribution in [2.75, 3.05) is 5.75 Å². The van der Waals surface area contributed by atoms with Crippen molar-refractivity contribution < 1.29 is 9.62 Å². The zero-order chi connectivity index (χ0) is 15.5. The van der Waals surface area contributed by atoms with Crippen LogP contribution < -0.4 is 9.62 Å². The molecule has 1 aromatic carbocycles. The van der Waals surface area contributed by atoms with Crippen LogP contribution >= 0.6 is 27.7 Å². The third-order valence-electron chi connectivity index (χ3n) is 3.32. The lowest BCUT2D eigenvalue weighted by Crippen LogP contribution is -2.30. The fourth-order valence-electron chi connectivity index (χ4n) is 2.23. The number of rotatable bonds is 5. The molecule has 0 saturated heterocycles. The van der Waals surface area contributed by atoms with Crippen LogP contribution in [0.2, 0.25) is 0 Å². The van der Waals surface area contributed by atoms with Crippen LogP contribution in [0.1, 0.15) is 26.2 Å². The van der Waals surface area contributed by atoms with E-state index in [-0.39, 0.29) is 5.88 Å². The first-order valence-electron chi connectivity index (χ1n) is 7.17. The lowest BCUT2D eigenvalue weighted by Gasteiger charge is -2.08. The highest BCUT2D eigenvalue weighted by Crippen LogP contribution is 2.24. The van der Waals surface area contributed by atoms with E-state index in [1.807, 2.05) is 18.2 Å². The summed E-state index contributed by atoms with van der Waals surface area (Å²) < 4.78 is 2.43. The molecular weight excluding hydrogens is 364 g/mol. The molecule has 0 unspecified atom stereocenters. The van der Waals surface area contributed by atoms with Crippen molar-refractivity contribution in [3.63, 3.8) is 0 Å². The van der Waals surface area contributed by atoms with Gasteiger partial charge in [0, 0.05) is 16.1 Å². The molecule has 0 aliphatic heterocycles. The summed E-state index contributed by atoms with van der Waals surface area (Å²) >= 11 is 4.94. The Morgan fingerprint density at radius 3 is 3.00 bits per heavy atom. The van der Waals surface area contributed by atoms with E-state index in [2.05, 4.69) is 37.9 Å². The highest BCUT2D eigenvalue weighted by molar-refractivity contribution is 9.10. The van der Waals surface area contributed by atoms with Crippen LogP contribution in [0, 0.1) is 0 Å². The Balaban J connectivity index is 2.02. The number of unbranched alkanes of at least 4 members (excludes halogenated alkanes) is 2. The van der Waals surface area contributed by atoms with Crippen molar-refractivity contribution in [1.82, 2.24) is 15.1 Å². The quantitative estimate of drug-likeness (QED) is 0.295. The second-order valence-electron chi connectivity index (χ2n) is 4.95. The van der Waals surface area contributed by atoms with Crippen molar-refractivity contribution in [2.45, 2.75) is 31.3 Å². The molecule has 0 N–H and O–H groups in total. The van der Waals surface area contributed by atoms with Gasteiger partial charge in [0.15, 0.2) is 11.0 Å². The summed E-state index contributed by atoms with van der Waals surface area (Å²) in [4.78, 5) is 8.46. The van der Waals surface area contributed by atoms with E-state index in [0.717, 1.165) is 27.5 Å². The molecule has 0 spiro atoms. The Morgan fingerprint density at radius 1 is 1.32 bits per heavy atom. The van der Waals surface area contributed by atoms with Crippen molar-refractivity contribution in [1.29, 1.82) is 0 Å². The summed E-state index contributed by atoms with van der Waals surface area (Å²) in [6, 6.07) is 5.64. The Hall–Kier alpha value is -1.47. The normalized spacial score (nSPS) is 11.4. The molecule has 7 heteroatoms. The number of fused-ring (bicyclic) bond motifs is 3. The van der Waals surface area contributed by atoms with Gasteiger partial charge >= 0.3 is 6.33 Å². The van der Waals surface area contributed by atoms with Crippen LogP contribution in [0.25, 0.3) is 16.4 Å². The molecule has 0 atom stereocenters. The summed E-state index contributed by atoms with van der Waals surface area (Å²) in [5.41, 5.74) is 1.22. The number of benzene rings is 1. The van der Waals surface area contributed by atoms with Gasteiger partial charge in [-0.05, 0) is 29.6 Å². The maximum absolute atomic E-state index is 12.4. The molecule has 0 aliphatic rings. The largest absolute Gasteiger partial charge is 0.856 e. The maximum atomic E-state index is 12.4. The average molecular weight is 379 g/mol. The topological polar surface area (TPSA) is 65.8 Å². The smallest absolute Gasteiger partial charge is 0.312 e. The molecule has 5 nitrogen and oxygen atoms in total. The zero-order valence-electron chi connectivity index (χ0n) is 12.1. The molecule has 22 heavy (non-hydrogen) atoms. The van der Waals surface area contributed by atoms with Crippen LogP contribution in [0.15, 0.2) is 34.2 Å². The van der Waals surface area contributed by atoms with E-state index in [1.165, 1.54) is 29.1 Å². The summed E-state index contributed by atoms with van der Waals surface area (Å²) in [5.74, 6) is 0.657. The van der Waals surface area contributed by atoms with Gasteiger partial charge in [0.1, 0.15) is 0 Å². The van der Waals surface area contributed by atoms with Crippen molar-refractivity contribution in [3.05, 3.63) is 29.0 Å². The predicted octanol–water partition coefficient (Wildman–Crippen LogP) is 2.88. The second kappa shape index (κ2) is 6.75. The Bertz CT molecular complexity index is 827. The van der Waals surface area contributed by atoms with Gasteiger partial charge in [0.25, 0.3) is 0 Å². The summed E-state index contributed by atoms with van der Waals surface area (Å²) in [7, 11) is 0. The van der Waals surface area contributed by atoms with Gasteiger partial charge in [-0.15, -0.1) is 0 Å². The Labute approximate surface area is 140 Å². The number of aromatic nitrogens is 4. The highest BCUT2D eigenvalue weighted by atomic mass is 79.9. The number of nitrogens with zero attached hydrogens (tertiary/aromatic N) is 4. The van der Waals surface area contributed by atoms with Gasteiger partial charge in [-0.1, -0.05) is 57.1 Å². The summed E-state index contributed by atoms with van der Waals surface area (Å²) in [5, 5.41) is 18.1. The van der Waals surface area contributed by atoms with Gasteiger partial charge in [0.2, 0.25) is 5.16 Å². The number of hydrogen-bond acceptors (Lipinski definition) is 5. The van der Waals surface area contributed by atoms with Crippen molar-refractivity contribution >= 4 is 44.1 Å². The predicted molar refractivity (Wildman–Crippen MR) is 87.9 cm³/mol. The summed E-state index contributed by atoms with van der Waals surface area (Å²) in [6.45, 7) is 2.16. The van der Waals surface area contributed by atoms with Crippen LogP contribution in [0.3, 0.4) is 0 Å². The van der Waals surface area contributed by atoms with E-state index < -0.39 is 0 Å². The molecule has 0 amide bonds.